The van der Waals surface area contributed by atoms with Gasteiger partial charge < -0.3 is 14.6 Å². The first-order valence-electron chi connectivity index (χ1n) is 8.85. The van der Waals surface area contributed by atoms with Crippen molar-refractivity contribution in [3.63, 3.8) is 0 Å². The van der Waals surface area contributed by atoms with Gasteiger partial charge in [-0.2, -0.15) is 0 Å². The fraction of sp³-hybridized carbons (Fsp3) is 0.550. The lowest BCUT2D eigenvalue weighted by molar-refractivity contribution is -0.165. The van der Waals surface area contributed by atoms with E-state index < -0.39 is 41.3 Å². The number of nitrogens with zero attached hydrogens (tertiary/aromatic N) is 1. The minimum Gasteiger partial charge on any atom is -0.480 e. The fourth-order valence-electron chi connectivity index (χ4n) is 2.97. The second-order valence-electron chi connectivity index (χ2n) is 8.58. The summed E-state index contributed by atoms with van der Waals surface area (Å²) in [6, 6.07) is 4.56. The zero-order chi connectivity index (χ0) is 20.6. The van der Waals surface area contributed by atoms with Crippen LogP contribution in [0.2, 0.25) is 0 Å². The van der Waals surface area contributed by atoms with E-state index in [0.717, 1.165) is 4.90 Å². The SMILES string of the molecule is CC(C)(C)OC(=O)[C@H]1c2ccccc2CC(C(=O)O)N1C(=O)OC(C)(C)C. The Morgan fingerprint density at radius 1 is 1.00 bits per heavy atom. The highest BCUT2D eigenvalue weighted by molar-refractivity contribution is 5.89. The normalized spacial score (nSPS) is 19.9. The molecule has 2 atom stereocenters. The predicted octanol–water partition coefficient (Wildman–Crippen LogP) is 3.32. The number of fused-ring (bicyclic) bond motifs is 1. The van der Waals surface area contributed by atoms with Gasteiger partial charge >= 0.3 is 18.0 Å². The van der Waals surface area contributed by atoms with Crippen LogP contribution < -0.4 is 0 Å². The van der Waals surface area contributed by atoms with Crippen LogP contribution in [-0.2, 0) is 25.5 Å². The number of hydrogen-bond acceptors (Lipinski definition) is 5. The standard InChI is InChI=1S/C20H27NO6/c1-19(2,3)26-17(24)15-13-10-8-7-9-12(13)11-14(16(22)23)21(15)18(25)27-20(4,5)6/h7-10,14-15H,11H2,1-6H3,(H,22,23)/t14?,15-/m1/s1. The van der Waals surface area contributed by atoms with Crippen molar-refractivity contribution in [3.8, 4) is 0 Å². The van der Waals surface area contributed by atoms with Crippen molar-refractivity contribution in [2.75, 3.05) is 0 Å². The monoisotopic (exact) mass is 377 g/mol. The number of aliphatic carboxylic acids is 1. The van der Waals surface area contributed by atoms with E-state index in [0.29, 0.717) is 11.1 Å². The second-order valence-corrected chi connectivity index (χ2v) is 8.58. The van der Waals surface area contributed by atoms with Gasteiger partial charge in [0.1, 0.15) is 17.2 Å². The Morgan fingerprint density at radius 3 is 2.07 bits per heavy atom. The zero-order valence-corrected chi connectivity index (χ0v) is 16.6. The Labute approximate surface area is 159 Å². The van der Waals surface area contributed by atoms with Gasteiger partial charge in [-0.1, -0.05) is 24.3 Å². The Balaban J connectivity index is 2.56. The number of benzene rings is 1. The van der Waals surface area contributed by atoms with Crippen LogP contribution in [0, 0.1) is 0 Å². The quantitative estimate of drug-likeness (QED) is 0.795. The topological polar surface area (TPSA) is 93.1 Å². The first-order valence-corrected chi connectivity index (χ1v) is 8.85. The van der Waals surface area contributed by atoms with Crippen molar-refractivity contribution in [3.05, 3.63) is 35.4 Å². The van der Waals surface area contributed by atoms with Crippen LogP contribution in [0.3, 0.4) is 0 Å². The van der Waals surface area contributed by atoms with Crippen molar-refractivity contribution in [1.82, 2.24) is 4.90 Å². The Morgan fingerprint density at radius 2 is 1.56 bits per heavy atom. The Bertz CT molecular complexity index is 744. The van der Waals surface area contributed by atoms with E-state index in [9.17, 15) is 19.5 Å². The molecule has 27 heavy (non-hydrogen) atoms. The van der Waals surface area contributed by atoms with Gasteiger partial charge in [-0.25, -0.2) is 14.4 Å². The molecule has 1 N–H and O–H groups in total. The molecule has 0 spiro atoms. The van der Waals surface area contributed by atoms with Gasteiger partial charge in [0.05, 0.1) is 0 Å². The molecule has 1 aromatic carbocycles. The van der Waals surface area contributed by atoms with Gasteiger partial charge in [-0.3, -0.25) is 4.90 Å². The number of carboxylic acids is 1. The van der Waals surface area contributed by atoms with E-state index in [1.807, 2.05) is 0 Å². The molecule has 1 unspecified atom stereocenters. The third kappa shape index (κ3) is 4.99. The van der Waals surface area contributed by atoms with Crippen LogP contribution in [0.5, 0.6) is 0 Å². The van der Waals surface area contributed by atoms with Crippen molar-refractivity contribution in [2.24, 2.45) is 0 Å². The summed E-state index contributed by atoms with van der Waals surface area (Å²) in [5.41, 5.74) is -0.382. The van der Waals surface area contributed by atoms with Crippen LogP contribution in [0.1, 0.15) is 58.7 Å². The van der Waals surface area contributed by atoms with E-state index in [1.54, 1.807) is 65.8 Å². The summed E-state index contributed by atoms with van der Waals surface area (Å²) in [6.07, 6.45) is -0.774. The van der Waals surface area contributed by atoms with Crippen LogP contribution in [0.4, 0.5) is 4.79 Å². The lowest BCUT2D eigenvalue weighted by Crippen LogP contribution is -2.55. The maximum atomic E-state index is 13.0. The molecule has 1 aliphatic heterocycles. The van der Waals surface area contributed by atoms with Crippen molar-refractivity contribution < 1.29 is 29.0 Å². The Kier molecular flexibility index (Phi) is 5.54. The minimum atomic E-state index is -1.23. The maximum Gasteiger partial charge on any atom is 0.412 e. The molecule has 2 rings (SSSR count). The third-order valence-electron chi connectivity index (χ3n) is 3.90. The van der Waals surface area contributed by atoms with E-state index in [2.05, 4.69) is 0 Å². The summed E-state index contributed by atoms with van der Waals surface area (Å²) in [4.78, 5) is 38.7. The summed E-state index contributed by atoms with van der Waals surface area (Å²) >= 11 is 0. The molecule has 0 radical (unpaired) electrons. The molecule has 1 aliphatic rings. The molecule has 1 aromatic rings. The molecule has 1 heterocycles. The van der Waals surface area contributed by atoms with Gasteiger partial charge in [-0.05, 0) is 52.7 Å². The summed E-state index contributed by atoms with van der Waals surface area (Å²) in [6.45, 7) is 10.2. The van der Waals surface area contributed by atoms with Gasteiger partial charge in [0.15, 0.2) is 6.04 Å². The van der Waals surface area contributed by atoms with E-state index in [4.69, 9.17) is 9.47 Å². The molecular weight excluding hydrogens is 350 g/mol. The van der Waals surface area contributed by atoms with Gasteiger partial charge in [0.2, 0.25) is 0 Å². The first-order chi connectivity index (χ1) is 12.3. The number of hydrogen-bond donors (Lipinski definition) is 1. The van der Waals surface area contributed by atoms with E-state index >= 15 is 0 Å². The number of amides is 1. The lowest BCUT2D eigenvalue weighted by Gasteiger charge is -2.41. The molecule has 0 fully saturated rings. The van der Waals surface area contributed by atoms with Crippen molar-refractivity contribution in [2.45, 2.75) is 71.2 Å². The molecule has 0 aliphatic carbocycles. The largest absolute Gasteiger partial charge is 0.480 e. The number of carboxylic acid groups (broad SMARTS) is 1. The van der Waals surface area contributed by atoms with E-state index in [-0.39, 0.29) is 6.42 Å². The van der Waals surface area contributed by atoms with Gasteiger partial charge in [0, 0.05) is 6.42 Å². The molecule has 0 aromatic heterocycles. The fourth-order valence-corrected chi connectivity index (χ4v) is 2.97. The molecule has 1 amide bonds. The molecule has 0 bridgehead atoms. The second kappa shape index (κ2) is 7.21. The minimum absolute atomic E-state index is 0.0873. The number of rotatable bonds is 2. The molecular formula is C20H27NO6. The average Bonchev–Trinajstić information content (AvgIpc) is 2.49. The van der Waals surface area contributed by atoms with Crippen molar-refractivity contribution >= 4 is 18.0 Å². The van der Waals surface area contributed by atoms with E-state index in [1.165, 1.54) is 0 Å². The molecule has 7 heteroatoms. The highest BCUT2D eigenvalue weighted by atomic mass is 16.6. The Hall–Kier alpha value is -2.57. The highest BCUT2D eigenvalue weighted by Crippen LogP contribution is 2.36. The third-order valence-corrected chi connectivity index (χ3v) is 3.90. The van der Waals surface area contributed by atoms with Crippen LogP contribution >= 0.6 is 0 Å². The summed E-state index contributed by atoms with van der Waals surface area (Å²) < 4.78 is 10.9. The average molecular weight is 377 g/mol. The molecule has 0 saturated heterocycles. The highest BCUT2D eigenvalue weighted by Gasteiger charge is 2.47. The number of carbonyl (C=O) groups excluding carboxylic acids is 2. The smallest absolute Gasteiger partial charge is 0.412 e. The first kappa shape index (κ1) is 20.7. The lowest BCUT2D eigenvalue weighted by atomic mass is 9.88. The van der Waals surface area contributed by atoms with Crippen LogP contribution in [0.25, 0.3) is 0 Å². The van der Waals surface area contributed by atoms with Gasteiger partial charge in [-0.15, -0.1) is 0 Å². The maximum absolute atomic E-state index is 13.0. The summed E-state index contributed by atoms with van der Waals surface area (Å²) in [5.74, 6) is -1.89. The predicted molar refractivity (Wildman–Crippen MR) is 98.2 cm³/mol. The summed E-state index contributed by atoms with van der Waals surface area (Å²) in [7, 11) is 0. The number of ether oxygens (including phenoxy) is 2. The molecule has 148 valence electrons. The number of carbonyl (C=O) groups is 3. The molecule has 0 saturated carbocycles. The van der Waals surface area contributed by atoms with Crippen LogP contribution in [0.15, 0.2) is 24.3 Å². The molecule has 7 nitrogen and oxygen atoms in total. The van der Waals surface area contributed by atoms with Gasteiger partial charge in [0.25, 0.3) is 0 Å². The van der Waals surface area contributed by atoms with Crippen LogP contribution in [-0.4, -0.2) is 45.3 Å². The summed E-state index contributed by atoms with van der Waals surface area (Å²) in [5, 5.41) is 9.71. The zero-order valence-electron chi connectivity index (χ0n) is 16.6. The number of esters is 1. The van der Waals surface area contributed by atoms with Crippen molar-refractivity contribution in [1.29, 1.82) is 0 Å².